The standard InChI is InChI=1S/C20H34N4O2.HI/c1-4-26-14-6-12-22-20(21)23-15-17-7-5-13-24(2)19(17)16-8-10-18(25-3)11-9-16;/h8-11,17,19H,4-7,12-15H2,1-3H3,(H3,21,22,23);1H. The Morgan fingerprint density at radius 1 is 1.33 bits per heavy atom. The second kappa shape index (κ2) is 13.2. The van der Waals surface area contributed by atoms with E-state index in [4.69, 9.17) is 15.2 Å². The second-order valence-corrected chi connectivity index (χ2v) is 6.80. The molecule has 1 aliphatic heterocycles. The molecule has 0 spiro atoms. The van der Waals surface area contributed by atoms with E-state index < -0.39 is 0 Å². The van der Waals surface area contributed by atoms with Gasteiger partial charge in [0.25, 0.3) is 0 Å². The molecular weight excluding hydrogens is 455 g/mol. The lowest BCUT2D eigenvalue weighted by atomic mass is 9.85. The fourth-order valence-corrected chi connectivity index (χ4v) is 3.59. The van der Waals surface area contributed by atoms with E-state index in [-0.39, 0.29) is 24.0 Å². The molecule has 0 amide bonds. The number of benzene rings is 1. The number of piperidine rings is 1. The number of methoxy groups -OCH3 is 1. The topological polar surface area (TPSA) is 72.1 Å². The molecule has 0 saturated carbocycles. The first-order valence-corrected chi connectivity index (χ1v) is 9.61. The van der Waals surface area contributed by atoms with Crippen LogP contribution in [-0.4, -0.2) is 57.9 Å². The number of likely N-dealkylation sites (tertiary alicyclic amines) is 1. The molecule has 0 aliphatic carbocycles. The third kappa shape index (κ3) is 7.83. The third-order valence-corrected chi connectivity index (χ3v) is 4.94. The lowest BCUT2D eigenvalue weighted by Gasteiger charge is -2.39. The molecule has 154 valence electrons. The number of hydrogen-bond donors (Lipinski definition) is 2. The molecule has 0 radical (unpaired) electrons. The van der Waals surface area contributed by atoms with Gasteiger partial charge in [0.05, 0.1) is 7.11 Å². The first-order chi connectivity index (χ1) is 12.7. The minimum Gasteiger partial charge on any atom is -0.497 e. The summed E-state index contributed by atoms with van der Waals surface area (Å²) in [5, 5.41) is 3.18. The maximum Gasteiger partial charge on any atom is 0.188 e. The summed E-state index contributed by atoms with van der Waals surface area (Å²) in [6.07, 6.45) is 3.30. The highest BCUT2D eigenvalue weighted by atomic mass is 127. The van der Waals surface area contributed by atoms with Gasteiger partial charge >= 0.3 is 0 Å². The van der Waals surface area contributed by atoms with E-state index in [1.165, 1.54) is 18.4 Å². The van der Waals surface area contributed by atoms with Gasteiger partial charge in [-0.2, -0.15) is 0 Å². The van der Waals surface area contributed by atoms with Crippen molar-refractivity contribution in [3.8, 4) is 5.75 Å². The van der Waals surface area contributed by atoms with Gasteiger partial charge in [-0.3, -0.25) is 9.89 Å². The largest absolute Gasteiger partial charge is 0.497 e. The molecule has 1 heterocycles. The molecule has 7 heteroatoms. The number of aliphatic imine (C=N–C) groups is 1. The summed E-state index contributed by atoms with van der Waals surface area (Å²) in [6, 6.07) is 8.76. The molecule has 1 saturated heterocycles. The number of hydrogen-bond acceptors (Lipinski definition) is 4. The highest BCUT2D eigenvalue weighted by Crippen LogP contribution is 2.35. The number of rotatable bonds is 9. The van der Waals surface area contributed by atoms with Gasteiger partial charge < -0.3 is 20.5 Å². The van der Waals surface area contributed by atoms with E-state index in [2.05, 4.69) is 34.4 Å². The molecule has 27 heavy (non-hydrogen) atoms. The van der Waals surface area contributed by atoms with Gasteiger partial charge in [0.2, 0.25) is 0 Å². The van der Waals surface area contributed by atoms with Gasteiger partial charge in [-0.15, -0.1) is 24.0 Å². The molecule has 1 fully saturated rings. The molecule has 1 aromatic rings. The summed E-state index contributed by atoms with van der Waals surface area (Å²) in [5.74, 6) is 1.89. The van der Waals surface area contributed by atoms with Crippen molar-refractivity contribution < 1.29 is 9.47 Å². The zero-order chi connectivity index (χ0) is 18.8. The minimum atomic E-state index is 0. The monoisotopic (exact) mass is 490 g/mol. The Hall–Kier alpha value is -1.06. The van der Waals surface area contributed by atoms with E-state index in [1.807, 2.05) is 19.1 Å². The Kier molecular flexibility index (Phi) is 11.7. The predicted molar refractivity (Wildman–Crippen MR) is 122 cm³/mol. The van der Waals surface area contributed by atoms with Gasteiger partial charge in [0.1, 0.15) is 5.75 Å². The maximum absolute atomic E-state index is 6.03. The average molecular weight is 490 g/mol. The van der Waals surface area contributed by atoms with Crippen LogP contribution in [0.4, 0.5) is 0 Å². The van der Waals surface area contributed by atoms with Gasteiger partial charge in [0.15, 0.2) is 5.96 Å². The molecule has 2 rings (SSSR count). The Bertz CT molecular complexity index is 553. The van der Waals surface area contributed by atoms with Crippen LogP contribution < -0.4 is 15.8 Å². The average Bonchev–Trinajstić information content (AvgIpc) is 2.66. The summed E-state index contributed by atoms with van der Waals surface area (Å²) >= 11 is 0. The summed E-state index contributed by atoms with van der Waals surface area (Å²) in [6.45, 7) is 6.16. The van der Waals surface area contributed by atoms with Crippen molar-refractivity contribution in [2.24, 2.45) is 16.6 Å². The van der Waals surface area contributed by atoms with Gasteiger partial charge in [-0.25, -0.2) is 0 Å². The molecule has 1 aromatic carbocycles. The van der Waals surface area contributed by atoms with Crippen molar-refractivity contribution in [2.45, 2.75) is 32.2 Å². The number of halogens is 1. The van der Waals surface area contributed by atoms with Crippen LogP contribution in [0.15, 0.2) is 29.3 Å². The summed E-state index contributed by atoms with van der Waals surface area (Å²) in [7, 11) is 3.89. The first-order valence-electron chi connectivity index (χ1n) is 9.61. The predicted octanol–water partition coefficient (Wildman–Crippen LogP) is 3.03. The van der Waals surface area contributed by atoms with Gasteiger partial charge in [-0.05, 0) is 63.4 Å². The van der Waals surface area contributed by atoms with E-state index >= 15 is 0 Å². The van der Waals surface area contributed by atoms with Crippen LogP contribution in [0.1, 0.15) is 37.8 Å². The Balaban J connectivity index is 0.00000364. The maximum atomic E-state index is 6.03. The molecule has 0 aromatic heterocycles. The number of guanidine groups is 1. The Labute approximate surface area is 180 Å². The normalized spacial score (nSPS) is 20.8. The van der Waals surface area contributed by atoms with Crippen LogP contribution in [0.5, 0.6) is 5.75 Å². The van der Waals surface area contributed by atoms with Crippen LogP contribution in [0.3, 0.4) is 0 Å². The summed E-state index contributed by atoms with van der Waals surface area (Å²) < 4.78 is 10.6. The van der Waals surface area contributed by atoms with Crippen molar-refractivity contribution in [1.82, 2.24) is 10.2 Å². The quantitative estimate of drug-likeness (QED) is 0.241. The summed E-state index contributed by atoms with van der Waals surface area (Å²) in [4.78, 5) is 7.03. The molecule has 6 nitrogen and oxygen atoms in total. The van der Waals surface area contributed by atoms with E-state index in [9.17, 15) is 0 Å². The van der Waals surface area contributed by atoms with Crippen LogP contribution in [-0.2, 0) is 4.74 Å². The van der Waals surface area contributed by atoms with Crippen molar-refractivity contribution >= 4 is 29.9 Å². The molecule has 3 N–H and O–H groups in total. The molecular formula is C20H35IN4O2. The van der Waals surface area contributed by atoms with Crippen molar-refractivity contribution in [1.29, 1.82) is 0 Å². The minimum absolute atomic E-state index is 0. The smallest absolute Gasteiger partial charge is 0.188 e. The zero-order valence-electron chi connectivity index (χ0n) is 16.8. The van der Waals surface area contributed by atoms with Gasteiger partial charge in [0, 0.05) is 32.3 Å². The summed E-state index contributed by atoms with van der Waals surface area (Å²) in [5.41, 5.74) is 7.35. The number of nitrogens with two attached hydrogens (primary N) is 1. The molecule has 2 atom stereocenters. The third-order valence-electron chi connectivity index (χ3n) is 4.94. The number of ether oxygens (including phenoxy) is 2. The SMILES string of the molecule is CCOCCCNC(N)=NCC1CCCN(C)C1c1ccc(OC)cc1.I. The number of nitrogens with zero attached hydrogens (tertiary/aromatic N) is 2. The fourth-order valence-electron chi connectivity index (χ4n) is 3.59. The highest BCUT2D eigenvalue weighted by molar-refractivity contribution is 14.0. The first kappa shape index (κ1) is 24.0. The molecule has 0 bridgehead atoms. The van der Waals surface area contributed by atoms with Crippen molar-refractivity contribution in [3.63, 3.8) is 0 Å². The van der Waals surface area contributed by atoms with Crippen LogP contribution in [0.25, 0.3) is 0 Å². The van der Waals surface area contributed by atoms with Crippen molar-refractivity contribution in [2.75, 3.05) is 47.0 Å². The molecule has 1 aliphatic rings. The van der Waals surface area contributed by atoms with Gasteiger partial charge in [-0.1, -0.05) is 12.1 Å². The van der Waals surface area contributed by atoms with Crippen molar-refractivity contribution in [3.05, 3.63) is 29.8 Å². The van der Waals surface area contributed by atoms with E-state index in [0.29, 0.717) is 17.9 Å². The lowest BCUT2D eigenvalue weighted by Crippen LogP contribution is -2.38. The fraction of sp³-hybridized carbons (Fsp3) is 0.650. The van der Waals surface area contributed by atoms with E-state index in [1.54, 1.807) is 7.11 Å². The van der Waals surface area contributed by atoms with Crippen LogP contribution >= 0.6 is 24.0 Å². The second-order valence-electron chi connectivity index (χ2n) is 6.80. The zero-order valence-corrected chi connectivity index (χ0v) is 19.1. The Morgan fingerprint density at radius 2 is 2.07 bits per heavy atom. The highest BCUT2D eigenvalue weighted by Gasteiger charge is 2.30. The number of nitrogens with one attached hydrogen (secondary N) is 1. The van der Waals surface area contributed by atoms with E-state index in [0.717, 1.165) is 45.0 Å². The molecule has 2 unspecified atom stereocenters. The van der Waals surface area contributed by atoms with Crippen LogP contribution in [0, 0.1) is 5.92 Å². The Morgan fingerprint density at radius 3 is 2.74 bits per heavy atom. The van der Waals surface area contributed by atoms with Crippen LogP contribution in [0.2, 0.25) is 0 Å². The lowest BCUT2D eigenvalue weighted by molar-refractivity contribution is 0.125.